The van der Waals surface area contributed by atoms with Crippen molar-refractivity contribution in [1.29, 1.82) is 0 Å². The van der Waals surface area contributed by atoms with Crippen molar-refractivity contribution in [3.8, 4) is 0 Å². The van der Waals surface area contributed by atoms with Gasteiger partial charge < -0.3 is 0 Å². The van der Waals surface area contributed by atoms with E-state index in [1.165, 1.54) is 115 Å². The van der Waals surface area contributed by atoms with Crippen LogP contribution in [-0.4, -0.2) is 0 Å². The third-order valence-electron chi connectivity index (χ3n) is 5.14. The summed E-state index contributed by atoms with van der Waals surface area (Å²) in [6.45, 7) is 7.54. The van der Waals surface area contributed by atoms with E-state index in [1.54, 1.807) is 0 Å². The van der Waals surface area contributed by atoms with Gasteiger partial charge in [-0.3, -0.25) is 0 Å². The summed E-state index contributed by atoms with van der Waals surface area (Å²) < 4.78 is 0. The van der Waals surface area contributed by atoms with E-state index in [0.717, 1.165) is 0 Å². The Bertz CT molecular complexity index is 408. The van der Waals surface area contributed by atoms with E-state index in [0.29, 0.717) is 0 Å². The highest BCUT2D eigenvalue weighted by Crippen LogP contribution is 2.14. The minimum Gasteiger partial charge on any atom is -0.0845 e. The Labute approximate surface area is 177 Å². The molecule has 0 fully saturated rings. The zero-order valence-corrected chi connectivity index (χ0v) is 18.8. The van der Waals surface area contributed by atoms with Gasteiger partial charge in [0.25, 0.3) is 0 Å². The van der Waals surface area contributed by atoms with Gasteiger partial charge in [0.05, 0.1) is 0 Å². The largest absolute Gasteiger partial charge is 0.0845 e. The van der Waals surface area contributed by atoms with Crippen molar-refractivity contribution in [2.45, 2.75) is 116 Å². The van der Waals surface area contributed by atoms with Gasteiger partial charge in [-0.05, 0) is 12.8 Å². The summed E-state index contributed by atoms with van der Waals surface area (Å²) in [7, 11) is 0. The lowest BCUT2D eigenvalue weighted by atomic mass is 10.0. The molecule has 0 heterocycles. The molecule has 0 heteroatoms. The summed E-state index contributed by atoms with van der Waals surface area (Å²) in [6.07, 6.45) is 42.0. The maximum Gasteiger partial charge on any atom is -0.0348 e. The first-order chi connectivity index (χ1) is 13.9. The second-order valence-electron chi connectivity index (χ2n) is 7.87. The lowest BCUT2D eigenvalue weighted by molar-refractivity contribution is 0.530. The zero-order chi connectivity index (χ0) is 20.4. The maximum atomic E-state index is 5.25. The first-order valence-corrected chi connectivity index (χ1v) is 12.1. The Morgan fingerprint density at radius 1 is 0.429 bits per heavy atom. The Morgan fingerprint density at radius 2 is 0.786 bits per heavy atom. The van der Waals surface area contributed by atoms with Gasteiger partial charge in [-0.2, -0.15) is 0 Å². The van der Waals surface area contributed by atoms with Crippen LogP contribution >= 0.6 is 0 Å². The quantitative estimate of drug-likeness (QED) is 0.137. The second kappa shape index (κ2) is 25.7. The predicted molar refractivity (Wildman–Crippen MR) is 130 cm³/mol. The third-order valence-corrected chi connectivity index (χ3v) is 5.14. The van der Waals surface area contributed by atoms with Crippen LogP contribution in [0.4, 0.5) is 0 Å². The molecule has 0 bridgehead atoms. The summed E-state index contributed by atoms with van der Waals surface area (Å²) in [6, 6.07) is 0. The molecule has 0 aromatic rings. The van der Waals surface area contributed by atoms with Crippen molar-refractivity contribution in [1.82, 2.24) is 0 Å². The highest BCUT2D eigenvalue weighted by molar-refractivity contribution is 5.16. The third kappa shape index (κ3) is 24.7. The molecule has 0 aliphatic rings. The van der Waals surface area contributed by atoms with Gasteiger partial charge in [-0.15, -0.1) is 0 Å². The van der Waals surface area contributed by atoms with Crippen molar-refractivity contribution in [2.24, 2.45) is 0 Å². The van der Waals surface area contributed by atoms with Crippen molar-refractivity contribution in [2.75, 3.05) is 0 Å². The predicted octanol–water partition coefficient (Wildman–Crippen LogP) is 9.85. The summed E-state index contributed by atoms with van der Waals surface area (Å²) in [5.41, 5.74) is 0. The van der Waals surface area contributed by atoms with Gasteiger partial charge in [-0.25, -0.2) is 0 Å². The van der Waals surface area contributed by atoms with E-state index in [-0.39, 0.29) is 0 Å². The van der Waals surface area contributed by atoms with Crippen LogP contribution in [-0.2, 0) is 0 Å². The molecular formula is C28H47. The van der Waals surface area contributed by atoms with Gasteiger partial charge in [-0.1, -0.05) is 164 Å². The molecule has 0 aliphatic heterocycles. The highest BCUT2D eigenvalue weighted by atomic mass is 14.0. The fourth-order valence-corrected chi connectivity index (χ4v) is 3.37. The first kappa shape index (κ1) is 26.7. The van der Waals surface area contributed by atoms with Crippen LogP contribution in [0.2, 0.25) is 0 Å². The van der Waals surface area contributed by atoms with E-state index in [4.69, 9.17) is 6.58 Å². The van der Waals surface area contributed by atoms with Crippen LogP contribution in [0.25, 0.3) is 0 Å². The van der Waals surface area contributed by atoms with Gasteiger partial charge in [0.2, 0.25) is 0 Å². The fraction of sp³-hybridized carbons (Fsp3) is 0.643. The monoisotopic (exact) mass is 383 g/mol. The topological polar surface area (TPSA) is 0 Å². The van der Waals surface area contributed by atoms with Crippen LogP contribution in [0, 0.1) is 6.58 Å². The van der Waals surface area contributed by atoms with E-state index >= 15 is 0 Å². The lowest BCUT2D eigenvalue weighted by Crippen LogP contribution is -1.83. The average molecular weight is 384 g/mol. The van der Waals surface area contributed by atoms with E-state index in [2.05, 4.69) is 25.2 Å². The summed E-state index contributed by atoms with van der Waals surface area (Å²) in [5.74, 6) is 0. The van der Waals surface area contributed by atoms with Crippen molar-refractivity contribution < 1.29 is 0 Å². The molecule has 0 aromatic carbocycles. The zero-order valence-electron chi connectivity index (χ0n) is 18.8. The van der Waals surface area contributed by atoms with Gasteiger partial charge in [0.1, 0.15) is 0 Å². The van der Waals surface area contributed by atoms with E-state index in [1.807, 2.05) is 30.4 Å². The molecule has 0 aromatic heterocycles. The van der Waals surface area contributed by atoms with E-state index < -0.39 is 0 Å². The fourth-order valence-electron chi connectivity index (χ4n) is 3.37. The molecule has 28 heavy (non-hydrogen) atoms. The van der Waals surface area contributed by atoms with Gasteiger partial charge in [0, 0.05) is 0 Å². The molecule has 0 spiro atoms. The Kier molecular flexibility index (Phi) is 24.5. The Morgan fingerprint density at radius 3 is 1.21 bits per heavy atom. The summed E-state index contributed by atoms with van der Waals surface area (Å²) in [5, 5.41) is 0. The molecular weight excluding hydrogens is 336 g/mol. The normalized spacial score (nSPS) is 12.3. The molecule has 0 atom stereocenters. The SMILES string of the molecule is [CH]=CC=CC=CC=CC=CCCCCCCCCCCCCCCCCCC. The molecule has 0 amide bonds. The number of unbranched alkanes of at least 4 members (excludes halogenated alkanes) is 16. The highest BCUT2D eigenvalue weighted by Gasteiger charge is 1.94. The van der Waals surface area contributed by atoms with Crippen molar-refractivity contribution in [3.05, 3.63) is 61.3 Å². The lowest BCUT2D eigenvalue weighted by Gasteiger charge is -2.03. The molecule has 0 N–H and O–H groups in total. The number of hydrogen-bond acceptors (Lipinski definition) is 0. The molecule has 159 valence electrons. The number of hydrogen-bond donors (Lipinski definition) is 0. The van der Waals surface area contributed by atoms with Crippen LogP contribution in [0.3, 0.4) is 0 Å². The maximum absolute atomic E-state index is 5.25. The van der Waals surface area contributed by atoms with Gasteiger partial charge >= 0.3 is 0 Å². The number of allylic oxidation sites excluding steroid dienone is 9. The molecule has 0 unspecified atom stereocenters. The Hall–Kier alpha value is -1.30. The molecule has 0 aliphatic carbocycles. The molecule has 0 rings (SSSR count). The van der Waals surface area contributed by atoms with Crippen LogP contribution in [0.15, 0.2) is 54.7 Å². The summed E-state index contributed by atoms with van der Waals surface area (Å²) >= 11 is 0. The van der Waals surface area contributed by atoms with Crippen LogP contribution < -0.4 is 0 Å². The van der Waals surface area contributed by atoms with Crippen molar-refractivity contribution >= 4 is 0 Å². The summed E-state index contributed by atoms with van der Waals surface area (Å²) in [4.78, 5) is 0. The second-order valence-corrected chi connectivity index (χ2v) is 7.87. The van der Waals surface area contributed by atoms with E-state index in [9.17, 15) is 0 Å². The minimum absolute atomic E-state index is 1.20. The molecule has 0 saturated carbocycles. The molecule has 0 saturated heterocycles. The Balaban J connectivity index is 3.18. The smallest absolute Gasteiger partial charge is 0.0348 e. The molecule has 0 nitrogen and oxygen atoms in total. The van der Waals surface area contributed by atoms with Gasteiger partial charge in [0.15, 0.2) is 0 Å². The number of rotatable bonds is 21. The minimum atomic E-state index is 1.20. The van der Waals surface area contributed by atoms with Crippen molar-refractivity contribution in [3.63, 3.8) is 0 Å². The first-order valence-electron chi connectivity index (χ1n) is 12.1. The standard InChI is InChI=1S/C28H47/c1-3-5-7-9-11-13-15-17-19-21-23-25-27-28-26-24-22-20-18-16-14-12-10-8-6-4-2/h1,3,5,7,9,11,13,15,17,19H,4,6,8,10,12,14,16,18,20-28H2,2H3. The van der Waals surface area contributed by atoms with Crippen LogP contribution in [0.5, 0.6) is 0 Å². The average Bonchev–Trinajstić information content (AvgIpc) is 2.71. The molecule has 1 radical (unpaired) electrons. The van der Waals surface area contributed by atoms with Crippen LogP contribution in [0.1, 0.15) is 116 Å².